The third-order valence-corrected chi connectivity index (χ3v) is 3.70. The highest BCUT2D eigenvalue weighted by molar-refractivity contribution is 8.00. The third-order valence-electron chi connectivity index (χ3n) is 1.89. The molecule has 2 rings (SSSR count). The second-order valence-electron chi connectivity index (χ2n) is 3.00. The maximum atomic E-state index is 10.9. The molecule has 0 saturated heterocycles. The number of pyridine rings is 1. The number of carboxylic acid groups (broad SMARTS) is 1. The van der Waals surface area contributed by atoms with Gasteiger partial charge in [-0.2, -0.15) is 0 Å². The van der Waals surface area contributed by atoms with Crippen molar-refractivity contribution in [2.75, 3.05) is 0 Å². The number of nitrogens with zero attached hydrogens (tertiary/aromatic N) is 3. The second-order valence-corrected chi connectivity index (χ2v) is 5.16. The Hall–Kier alpha value is -2.00. The molecule has 0 atom stereocenters. The van der Waals surface area contributed by atoms with Crippen molar-refractivity contribution in [1.82, 2.24) is 9.97 Å². The van der Waals surface area contributed by atoms with Gasteiger partial charge in [0.15, 0.2) is 4.34 Å². The van der Waals surface area contributed by atoms with Gasteiger partial charge in [0.1, 0.15) is 16.8 Å². The molecular formula is C9H5N3O4S2. The number of aromatic nitrogens is 2. The Morgan fingerprint density at radius 3 is 2.83 bits per heavy atom. The van der Waals surface area contributed by atoms with E-state index in [2.05, 4.69) is 9.97 Å². The molecule has 0 amide bonds. The zero-order valence-electron chi connectivity index (χ0n) is 8.64. The molecule has 7 nitrogen and oxygen atoms in total. The molecule has 0 aromatic carbocycles. The van der Waals surface area contributed by atoms with Crippen molar-refractivity contribution in [2.45, 2.75) is 9.37 Å². The molecule has 1 N–H and O–H groups in total. The van der Waals surface area contributed by atoms with Crippen molar-refractivity contribution in [2.24, 2.45) is 0 Å². The Labute approximate surface area is 109 Å². The summed E-state index contributed by atoms with van der Waals surface area (Å²) in [5.74, 6) is -1.36. The normalized spacial score (nSPS) is 10.2. The van der Waals surface area contributed by atoms with E-state index in [1.807, 2.05) is 0 Å². The molecule has 2 heterocycles. The standard InChI is InChI=1S/C9H5N3O4S2/c13-8(14)5-3-7(11-4-6(5)12(15)16)18-9-10-1-2-17-9/h1-4H,(H,13,14). The van der Waals surface area contributed by atoms with Crippen LogP contribution < -0.4 is 0 Å². The minimum atomic E-state index is -1.36. The first kappa shape index (κ1) is 12.5. The molecule has 0 radical (unpaired) electrons. The fourth-order valence-corrected chi connectivity index (χ4v) is 2.70. The second kappa shape index (κ2) is 5.10. The Bertz CT molecular complexity index is 600. The summed E-state index contributed by atoms with van der Waals surface area (Å²) in [4.78, 5) is 28.6. The fourth-order valence-electron chi connectivity index (χ4n) is 1.15. The van der Waals surface area contributed by atoms with Gasteiger partial charge in [0.25, 0.3) is 0 Å². The molecule has 0 aliphatic carbocycles. The average Bonchev–Trinajstić information content (AvgIpc) is 2.81. The van der Waals surface area contributed by atoms with Gasteiger partial charge in [-0.15, -0.1) is 11.3 Å². The molecular weight excluding hydrogens is 278 g/mol. The molecule has 2 aromatic rings. The van der Waals surface area contributed by atoms with Gasteiger partial charge in [0, 0.05) is 11.6 Å². The van der Waals surface area contributed by atoms with Crippen LogP contribution in [0.2, 0.25) is 0 Å². The molecule has 0 aliphatic rings. The maximum absolute atomic E-state index is 10.9. The summed E-state index contributed by atoms with van der Waals surface area (Å²) >= 11 is 2.53. The van der Waals surface area contributed by atoms with E-state index in [-0.39, 0.29) is 5.56 Å². The van der Waals surface area contributed by atoms with E-state index in [1.54, 1.807) is 11.6 Å². The van der Waals surface area contributed by atoms with Crippen LogP contribution >= 0.6 is 23.1 Å². The first-order valence-electron chi connectivity index (χ1n) is 4.53. The smallest absolute Gasteiger partial charge is 0.342 e. The lowest BCUT2D eigenvalue weighted by Crippen LogP contribution is -2.03. The summed E-state index contributed by atoms with van der Waals surface area (Å²) in [6.45, 7) is 0. The molecule has 9 heteroatoms. The Morgan fingerprint density at radius 1 is 1.50 bits per heavy atom. The zero-order chi connectivity index (χ0) is 13.1. The van der Waals surface area contributed by atoms with Crippen LogP contribution in [0, 0.1) is 10.1 Å². The van der Waals surface area contributed by atoms with Crippen molar-refractivity contribution in [3.05, 3.63) is 39.5 Å². The van der Waals surface area contributed by atoms with Crippen LogP contribution in [0.25, 0.3) is 0 Å². The number of carbonyl (C=O) groups is 1. The molecule has 0 saturated carbocycles. The SMILES string of the molecule is O=C(O)c1cc(Sc2nccs2)ncc1[N+](=O)[O-]. The monoisotopic (exact) mass is 283 g/mol. The Morgan fingerprint density at radius 2 is 2.28 bits per heavy atom. The van der Waals surface area contributed by atoms with Crippen molar-refractivity contribution < 1.29 is 14.8 Å². The van der Waals surface area contributed by atoms with E-state index in [1.165, 1.54) is 17.4 Å². The van der Waals surface area contributed by atoms with Gasteiger partial charge in [0.05, 0.1) is 4.92 Å². The van der Waals surface area contributed by atoms with Gasteiger partial charge in [0.2, 0.25) is 0 Å². The zero-order valence-corrected chi connectivity index (χ0v) is 10.3. The first-order valence-corrected chi connectivity index (χ1v) is 6.22. The summed E-state index contributed by atoms with van der Waals surface area (Å²) in [6.07, 6.45) is 2.55. The van der Waals surface area contributed by atoms with Crippen molar-refractivity contribution in [1.29, 1.82) is 0 Å². The Balaban J connectivity index is 2.37. The molecule has 0 spiro atoms. The van der Waals surface area contributed by atoms with E-state index in [4.69, 9.17) is 5.11 Å². The predicted octanol–water partition coefficient (Wildman–Crippen LogP) is 2.30. The van der Waals surface area contributed by atoms with Gasteiger partial charge in [-0.3, -0.25) is 10.1 Å². The van der Waals surface area contributed by atoms with Gasteiger partial charge in [-0.25, -0.2) is 14.8 Å². The van der Waals surface area contributed by atoms with E-state index in [0.717, 1.165) is 18.0 Å². The van der Waals surface area contributed by atoms with Crippen LogP contribution in [0.4, 0.5) is 5.69 Å². The minimum absolute atomic E-state index is 0.355. The number of rotatable bonds is 4. The highest BCUT2D eigenvalue weighted by Crippen LogP contribution is 2.30. The number of aromatic carboxylic acids is 1. The molecule has 0 unspecified atom stereocenters. The number of nitro groups is 1. The number of hydrogen-bond donors (Lipinski definition) is 1. The number of hydrogen-bond acceptors (Lipinski definition) is 7. The molecule has 0 bridgehead atoms. The summed E-state index contributed by atoms with van der Waals surface area (Å²) in [5.41, 5.74) is -0.903. The topological polar surface area (TPSA) is 106 Å². The average molecular weight is 283 g/mol. The van der Waals surface area contributed by atoms with Crippen LogP contribution in [0.3, 0.4) is 0 Å². The largest absolute Gasteiger partial charge is 0.477 e. The van der Waals surface area contributed by atoms with E-state index in [9.17, 15) is 14.9 Å². The highest BCUT2D eigenvalue weighted by Gasteiger charge is 2.21. The third kappa shape index (κ3) is 2.63. The number of carboxylic acids is 1. The van der Waals surface area contributed by atoms with Crippen molar-refractivity contribution >= 4 is 34.8 Å². The van der Waals surface area contributed by atoms with E-state index in [0.29, 0.717) is 9.37 Å². The summed E-state index contributed by atoms with van der Waals surface area (Å²) in [5, 5.41) is 21.7. The molecule has 2 aromatic heterocycles. The first-order chi connectivity index (χ1) is 8.58. The molecule has 0 aliphatic heterocycles. The quantitative estimate of drug-likeness (QED) is 0.677. The fraction of sp³-hybridized carbons (Fsp3) is 0. The summed E-state index contributed by atoms with van der Waals surface area (Å²) in [7, 11) is 0. The van der Waals surface area contributed by atoms with Gasteiger partial charge in [-0.05, 0) is 17.8 Å². The predicted molar refractivity (Wildman–Crippen MR) is 64.1 cm³/mol. The highest BCUT2D eigenvalue weighted by atomic mass is 32.2. The van der Waals surface area contributed by atoms with Crippen LogP contribution in [-0.4, -0.2) is 26.0 Å². The molecule has 0 fully saturated rings. The van der Waals surface area contributed by atoms with Crippen molar-refractivity contribution in [3.8, 4) is 0 Å². The molecule has 18 heavy (non-hydrogen) atoms. The lowest BCUT2D eigenvalue weighted by atomic mass is 10.2. The van der Waals surface area contributed by atoms with Gasteiger partial charge < -0.3 is 5.11 Å². The van der Waals surface area contributed by atoms with Crippen LogP contribution in [-0.2, 0) is 0 Å². The van der Waals surface area contributed by atoms with Crippen LogP contribution in [0.15, 0.2) is 33.2 Å². The van der Waals surface area contributed by atoms with Crippen LogP contribution in [0.1, 0.15) is 10.4 Å². The summed E-state index contributed by atoms with van der Waals surface area (Å²) < 4.78 is 0.688. The summed E-state index contributed by atoms with van der Waals surface area (Å²) in [6, 6.07) is 1.17. The Kier molecular flexibility index (Phi) is 3.53. The molecule has 92 valence electrons. The lowest BCUT2D eigenvalue weighted by Gasteiger charge is -2.00. The van der Waals surface area contributed by atoms with Gasteiger partial charge in [-0.1, -0.05) is 0 Å². The van der Waals surface area contributed by atoms with E-state index < -0.39 is 16.6 Å². The van der Waals surface area contributed by atoms with Crippen LogP contribution in [0.5, 0.6) is 0 Å². The van der Waals surface area contributed by atoms with Gasteiger partial charge >= 0.3 is 11.7 Å². The number of thiazole rings is 1. The van der Waals surface area contributed by atoms with Crippen molar-refractivity contribution in [3.63, 3.8) is 0 Å². The lowest BCUT2D eigenvalue weighted by molar-refractivity contribution is -0.385. The van der Waals surface area contributed by atoms with E-state index >= 15 is 0 Å². The minimum Gasteiger partial charge on any atom is -0.477 e. The maximum Gasteiger partial charge on any atom is 0.342 e.